The first-order valence-electron chi connectivity index (χ1n) is 7.10. The van der Waals surface area contributed by atoms with E-state index in [9.17, 15) is 13.2 Å². The number of piperidine rings is 1. The van der Waals surface area contributed by atoms with Gasteiger partial charge < -0.3 is 9.80 Å². The Hall–Kier alpha value is 0.190. The fourth-order valence-corrected chi connectivity index (χ4v) is 3.42. The van der Waals surface area contributed by atoms with Crippen molar-refractivity contribution < 1.29 is 13.2 Å². The fourth-order valence-electron chi connectivity index (χ4n) is 3.01. The summed E-state index contributed by atoms with van der Waals surface area (Å²) >= 11 is 2.75. The van der Waals surface area contributed by atoms with Crippen LogP contribution in [0.5, 0.6) is 0 Å². The summed E-state index contributed by atoms with van der Waals surface area (Å²) in [6.45, 7) is 5.24. The largest absolute Gasteiger partial charge is 0.402 e. The normalized spacial score (nSPS) is 25.9. The molecular weight excluding hydrogens is 321 g/mol. The second-order valence-electron chi connectivity index (χ2n) is 5.76. The van der Waals surface area contributed by atoms with Crippen molar-refractivity contribution in [2.24, 2.45) is 5.92 Å². The third kappa shape index (κ3) is 4.90. The first-order chi connectivity index (χ1) is 8.95. The van der Waals surface area contributed by atoms with Crippen LogP contribution in [0.15, 0.2) is 0 Å². The molecule has 2 nitrogen and oxygen atoms in total. The highest BCUT2D eigenvalue weighted by atomic mass is 79.9. The second-order valence-corrected chi connectivity index (χ2v) is 6.87. The lowest BCUT2D eigenvalue weighted by Crippen LogP contribution is -2.43. The number of halogens is 4. The molecule has 0 saturated carbocycles. The molecule has 2 fully saturated rings. The lowest BCUT2D eigenvalue weighted by Gasteiger charge is -2.35. The van der Waals surface area contributed by atoms with E-state index < -0.39 is 11.0 Å². The molecule has 0 bridgehead atoms. The minimum atomic E-state index is -4.13. The molecule has 0 radical (unpaired) electrons. The maximum absolute atomic E-state index is 12.5. The molecule has 0 spiro atoms. The van der Waals surface area contributed by atoms with E-state index in [-0.39, 0.29) is 6.54 Å². The summed E-state index contributed by atoms with van der Waals surface area (Å²) in [5, 5.41) is 0. The Bertz CT molecular complexity index is 272. The Labute approximate surface area is 121 Å². The maximum atomic E-state index is 12.5. The highest BCUT2D eigenvalue weighted by molar-refractivity contribution is 9.09. The van der Waals surface area contributed by atoms with Crippen molar-refractivity contribution in [2.75, 3.05) is 39.3 Å². The van der Waals surface area contributed by atoms with E-state index in [2.05, 4.69) is 20.8 Å². The lowest BCUT2D eigenvalue weighted by molar-refractivity contribution is -0.131. The van der Waals surface area contributed by atoms with Gasteiger partial charge in [-0.25, -0.2) is 0 Å². The molecule has 1 atom stereocenters. The average molecular weight is 343 g/mol. The molecule has 2 rings (SSSR count). The highest BCUT2D eigenvalue weighted by Crippen LogP contribution is 2.28. The molecule has 2 saturated heterocycles. The summed E-state index contributed by atoms with van der Waals surface area (Å²) in [5.74, 6) is 0.675. The van der Waals surface area contributed by atoms with Gasteiger partial charge in [0.05, 0.1) is 0 Å². The van der Waals surface area contributed by atoms with Gasteiger partial charge in [0.25, 0.3) is 0 Å². The highest BCUT2D eigenvalue weighted by Gasteiger charge is 2.39. The van der Waals surface area contributed by atoms with Crippen LogP contribution in [-0.4, -0.2) is 60.1 Å². The van der Waals surface area contributed by atoms with Crippen LogP contribution in [-0.2, 0) is 0 Å². The molecule has 0 aromatic rings. The first kappa shape index (κ1) is 15.6. The summed E-state index contributed by atoms with van der Waals surface area (Å²) in [6.07, 6.45) is 0.542. The van der Waals surface area contributed by atoms with Gasteiger partial charge in [-0.1, -0.05) is 15.9 Å². The Morgan fingerprint density at radius 2 is 1.58 bits per heavy atom. The van der Waals surface area contributed by atoms with Gasteiger partial charge in [-0.2, -0.15) is 13.2 Å². The standard InChI is InChI=1S/C13H22BrF3N2/c14-12(13(15,16)17)10-19-7-3-11(4-8-19)9-18-5-1-2-6-18/h11-12H,1-10H2. The number of alkyl halides is 4. The Kier molecular flexibility index (Phi) is 5.55. The van der Waals surface area contributed by atoms with Gasteiger partial charge in [0.1, 0.15) is 4.83 Å². The Morgan fingerprint density at radius 3 is 2.11 bits per heavy atom. The summed E-state index contributed by atoms with van der Waals surface area (Å²) in [4.78, 5) is 3.05. The van der Waals surface area contributed by atoms with Crippen LogP contribution in [0, 0.1) is 5.92 Å². The summed E-state index contributed by atoms with van der Waals surface area (Å²) < 4.78 is 37.4. The van der Waals surface area contributed by atoms with Crippen molar-refractivity contribution in [3.8, 4) is 0 Å². The van der Waals surface area contributed by atoms with Crippen molar-refractivity contribution in [2.45, 2.75) is 36.7 Å². The van der Waals surface area contributed by atoms with Crippen LogP contribution in [0.1, 0.15) is 25.7 Å². The Balaban J connectivity index is 1.67. The molecule has 2 heterocycles. The van der Waals surface area contributed by atoms with Crippen molar-refractivity contribution in [3.05, 3.63) is 0 Å². The zero-order chi connectivity index (χ0) is 13.9. The van der Waals surface area contributed by atoms with E-state index >= 15 is 0 Å². The third-order valence-corrected chi connectivity index (χ3v) is 5.00. The van der Waals surface area contributed by atoms with Gasteiger partial charge >= 0.3 is 6.18 Å². The molecule has 6 heteroatoms. The average Bonchev–Trinajstić information content (AvgIpc) is 2.83. The van der Waals surface area contributed by atoms with Crippen LogP contribution in [0.25, 0.3) is 0 Å². The predicted molar refractivity (Wildman–Crippen MR) is 73.6 cm³/mol. The molecule has 0 N–H and O–H groups in total. The molecule has 0 aromatic heterocycles. The van der Waals surface area contributed by atoms with Crippen LogP contribution in [0.3, 0.4) is 0 Å². The minimum Gasteiger partial charge on any atom is -0.303 e. The monoisotopic (exact) mass is 342 g/mol. The number of likely N-dealkylation sites (tertiary alicyclic amines) is 2. The smallest absolute Gasteiger partial charge is 0.303 e. The van der Waals surface area contributed by atoms with Gasteiger partial charge in [-0.3, -0.25) is 0 Å². The summed E-state index contributed by atoms with van der Waals surface area (Å²) in [6, 6.07) is 0. The Morgan fingerprint density at radius 1 is 1.00 bits per heavy atom. The minimum absolute atomic E-state index is 0.0833. The molecule has 112 valence electrons. The van der Waals surface area contributed by atoms with Crippen molar-refractivity contribution >= 4 is 15.9 Å². The van der Waals surface area contributed by atoms with Crippen LogP contribution >= 0.6 is 15.9 Å². The van der Waals surface area contributed by atoms with Crippen LogP contribution in [0.2, 0.25) is 0 Å². The number of hydrogen-bond acceptors (Lipinski definition) is 2. The van der Waals surface area contributed by atoms with E-state index in [0.29, 0.717) is 5.92 Å². The molecule has 0 amide bonds. The second kappa shape index (κ2) is 6.76. The zero-order valence-corrected chi connectivity index (χ0v) is 12.7. The predicted octanol–water partition coefficient (Wildman–Crippen LogP) is 3.12. The van der Waals surface area contributed by atoms with E-state index in [4.69, 9.17) is 0 Å². The van der Waals surface area contributed by atoms with Crippen molar-refractivity contribution in [3.63, 3.8) is 0 Å². The lowest BCUT2D eigenvalue weighted by atomic mass is 9.96. The van der Waals surface area contributed by atoms with E-state index in [0.717, 1.165) is 32.5 Å². The third-order valence-electron chi connectivity index (χ3n) is 4.20. The van der Waals surface area contributed by atoms with Crippen LogP contribution < -0.4 is 0 Å². The van der Waals surface area contributed by atoms with Gasteiger partial charge in [-0.15, -0.1) is 0 Å². The number of rotatable bonds is 4. The quantitative estimate of drug-likeness (QED) is 0.724. The topological polar surface area (TPSA) is 6.48 Å². The number of hydrogen-bond donors (Lipinski definition) is 0. The fraction of sp³-hybridized carbons (Fsp3) is 1.00. The van der Waals surface area contributed by atoms with Gasteiger partial charge in [0, 0.05) is 13.1 Å². The summed E-state index contributed by atoms with van der Waals surface area (Å²) in [7, 11) is 0. The van der Waals surface area contributed by atoms with Crippen LogP contribution in [0.4, 0.5) is 13.2 Å². The maximum Gasteiger partial charge on any atom is 0.402 e. The van der Waals surface area contributed by atoms with Crippen molar-refractivity contribution in [1.29, 1.82) is 0 Å². The van der Waals surface area contributed by atoms with E-state index in [1.807, 2.05) is 4.90 Å². The molecule has 0 aromatic carbocycles. The van der Waals surface area contributed by atoms with Crippen molar-refractivity contribution in [1.82, 2.24) is 9.80 Å². The van der Waals surface area contributed by atoms with E-state index in [1.54, 1.807) is 0 Å². The van der Waals surface area contributed by atoms with Gasteiger partial charge in [-0.05, 0) is 57.8 Å². The molecular formula is C13H22BrF3N2. The number of nitrogens with zero attached hydrogens (tertiary/aromatic N) is 2. The molecule has 0 aliphatic carbocycles. The van der Waals surface area contributed by atoms with Gasteiger partial charge in [0.2, 0.25) is 0 Å². The molecule has 19 heavy (non-hydrogen) atoms. The molecule has 1 unspecified atom stereocenters. The molecule has 2 aliphatic rings. The SMILES string of the molecule is FC(F)(F)C(Br)CN1CCC(CN2CCCC2)CC1. The summed E-state index contributed by atoms with van der Waals surface area (Å²) in [5.41, 5.74) is 0. The van der Waals surface area contributed by atoms with Gasteiger partial charge in [0.15, 0.2) is 0 Å². The molecule has 2 aliphatic heterocycles. The zero-order valence-electron chi connectivity index (χ0n) is 11.1. The van der Waals surface area contributed by atoms with E-state index in [1.165, 1.54) is 25.9 Å². The first-order valence-corrected chi connectivity index (χ1v) is 8.02.